The largest absolute Gasteiger partial charge is 0.419 e. The van der Waals surface area contributed by atoms with E-state index in [1.54, 1.807) is 0 Å². The Kier molecular flexibility index (Phi) is 4.16. The van der Waals surface area contributed by atoms with Gasteiger partial charge in [0, 0.05) is 13.3 Å². The van der Waals surface area contributed by atoms with E-state index in [-0.39, 0.29) is 0 Å². The minimum Gasteiger partial charge on any atom is -0.419 e. The van der Waals surface area contributed by atoms with Crippen LogP contribution in [0.4, 0.5) is 0 Å². The van der Waals surface area contributed by atoms with E-state index in [1.807, 2.05) is 7.11 Å². The summed E-state index contributed by atoms with van der Waals surface area (Å²) in [6, 6.07) is 0. The lowest BCUT2D eigenvalue weighted by atomic mass is 10.7. The number of hydrogen-bond acceptors (Lipinski definition) is 2. The van der Waals surface area contributed by atoms with Crippen LogP contribution >= 0.6 is 0 Å². The fraction of sp³-hybridized carbons (Fsp3) is 1.00. The molecule has 0 aliphatic rings. The lowest BCUT2D eigenvalue weighted by Gasteiger charge is -2.25. The van der Waals surface area contributed by atoms with E-state index < -0.39 is 8.32 Å². The Bertz CT molecular complexity index is 95.6. The highest BCUT2D eigenvalue weighted by atomic mass is 28.4. The fourth-order valence-corrected chi connectivity index (χ4v) is 2.48. The van der Waals surface area contributed by atoms with E-state index >= 15 is 0 Å². The molecule has 3 heteroatoms. The van der Waals surface area contributed by atoms with Crippen molar-refractivity contribution in [2.24, 2.45) is 0 Å². The van der Waals surface area contributed by atoms with Gasteiger partial charge in [-0.25, -0.2) is 0 Å². The third-order valence-corrected chi connectivity index (χ3v) is 4.15. The van der Waals surface area contributed by atoms with Crippen LogP contribution in [0.15, 0.2) is 0 Å². The maximum Gasteiger partial charge on any atom is 0.199 e. The Morgan fingerprint density at radius 2 is 1.90 bits per heavy atom. The van der Waals surface area contributed by atoms with Crippen LogP contribution in [-0.4, -0.2) is 40.1 Å². The smallest absolute Gasteiger partial charge is 0.199 e. The SMILES string of the molecule is CCN(C)C[Si](C)(C)OC. The highest BCUT2D eigenvalue weighted by Crippen LogP contribution is 2.03. The Morgan fingerprint density at radius 1 is 1.40 bits per heavy atom. The van der Waals surface area contributed by atoms with Gasteiger partial charge in [0.05, 0.1) is 0 Å². The van der Waals surface area contributed by atoms with Crippen LogP contribution in [0.25, 0.3) is 0 Å². The summed E-state index contributed by atoms with van der Waals surface area (Å²) in [5.74, 6) is 0. The molecule has 0 aliphatic heterocycles. The molecule has 0 aliphatic carbocycles. The quantitative estimate of drug-likeness (QED) is 0.577. The van der Waals surface area contributed by atoms with E-state index in [2.05, 4.69) is 32.0 Å². The van der Waals surface area contributed by atoms with Crippen LogP contribution in [0.3, 0.4) is 0 Å². The molecule has 10 heavy (non-hydrogen) atoms. The van der Waals surface area contributed by atoms with Crippen molar-refractivity contribution in [3.05, 3.63) is 0 Å². The van der Waals surface area contributed by atoms with Crippen molar-refractivity contribution in [3.8, 4) is 0 Å². The van der Waals surface area contributed by atoms with Gasteiger partial charge in [0.1, 0.15) is 0 Å². The molecule has 0 spiro atoms. The van der Waals surface area contributed by atoms with Crippen LogP contribution in [-0.2, 0) is 4.43 Å². The third kappa shape index (κ3) is 4.03. The van der Waals surface area contributed by atoms with E-state index in [0.717, 1.165) is 12.7 Å². The van der Waals surface area contributed by atoms with Crippen molar-refractivity contribution >= 4 is 8.32 Å². The van der Waals surface area contributed by atoms with Gasteiger partial charge >= 0.3 is 0 Å². The predicted molar refractivity (Wildman–Crippen MR) is 47.7 cm³/mol. The molecular weight excluding hydrogens is 142 g/mol. The second-order valence-electron chi connectivity index (χ2n) is 3.29. The molecule has 0 N–H and O–H groups in total. The normalized spacial score (nSPS) is 12.6. The van der Waals surface area contributed by atoms with Crippen molar-refractivity contribution < 1.29 is 4.43 Å². The minimum atomic E-state index is -1.34. The topological polar surface area (TPSA) is 12.5 Å². The van der Waals surface area contributed by atoms with Gasteiger partial charge in [0.15, 0.2) is 8.32 Å². The molecule has 0 atom stereocenters. The highest BCUT2D eigenvalue weighted by molar-refractivity contribution is 6.71. The Hall–Kier alpha value is 0.137. The van der Waals surface area contributed by atoms with Crippen molar-refractivity contribution in [1.82, 2.24) is 4.90 Å². The summed E-state index contributed by atoms with van der Waals surface area (Å²) < 4.78 is 5.41. The van der Waals surface area contributed by atoms with Crippen LogP contribution in [0.2, 0.25) is 13.1 Å². The van der Waals surface area contributed by atoms with Crippen LogP contribution < -0.4 is 0 Å². The summed E-state index contributed by atoms with van der Waals surface area (Å²) in [4.78, 5) is 2.30. The summed E-state index contributed by atoms with van der Waals surface area (Å²) in [5.41, 5.74) is 0. The van der Waals surface area contributed by atoms with Gasteiger partial charge in [0.2, 0.25) is 0 Å². The molecule has 0 unspecified atom stereocenters. The van der Waals surface area contributed by atoms with Crippen LogP contribution in [0.1, 0.15) is 6.92 Å². The van der Waals surface area contributed by atoms with E-state index in [9.17, 15) is 0 Å². The van der Waals surface area contributed by atoms with Crippen LogP contribution in [0.5, 0.6) is 0 Å². The molecule has 2 nitrogen and oxygen atoms in total. The van der Waals surface area contributed by atoms with Crippen molar-refractivity contribution in [3.63, 3.8) is 0 Å². The summed E-state index contributed by atoms with van der Waals surface area (Å²) in [6.45, 7) is 7.75. The third-order valence-electron chi connectivity index (χ3n) is 1.74. The molecular formula is C7H19NOSi. The molecule has 62 valence electrons. The highest BCUT2D eigenvalue weighted by Gasteiger charge is 2.21. The molecule has 0 aromatic heterocycles. The van der Waals surface area contributed by atoms with E-state index in [4.69, 9.17) is 4.43 Å². The number of rotatable bonds is 4. The number of hydrogen-bond donors (Lipinski definition) is 0. The molecule has 0 heterocycles. The first-order chi connectivity index (χ1) is 4.52. The maximum absolute atomic E-state index is 5.41. The molecule has 0 saturated carbocycles. The van der Waals surface area contributed by atoms with Crippen molar-refractivity contribution in [2.75, 3.05) is 26.9 Å². The minimum absolute atomic E-state index is 1.11. The van der Waals surface area contributed by atoms with Gasteiger partial charge in [-0.3, -0.25) is 0 Å². The fourth-order valence-electron chi connectivity index (χ4n) is 0.826. The van der Waals surface area contributed by atoms with Gasteiger partial charge < -0.3 is 9.33 Å². The first kappa shape index (κ1) is 10.1. The molecule has 0 rings (SSSR count). The second kappa shape index (κ2) is 4.11. The predicted octanol–water partition coefficient (Wildman–Crippen LogP) is 1.33. The molecule has 0 amide bonds. The summed E-state index contributed by atoms with van der Waals surface area (Å²) in [5, 5.41) is 0. The van der Waals surface area contributed by atoms with Gasteiger partial charge in [-0.15, -0.1) is 0 Å². The van der Waals surface area contributed by atoms with Crippen molar-refractivity contribution in [2.45, 2.75) is 20.0 Å². The Labute approximate surface area is 65.3 Å². The molecule has 0 aromatic rings. The van der Waals surface area contributed by atoms with Crippen LogP contribution in [0, 0.1) is 0 Å². The molecule has 0 aromatic carbocycles. The zero-order valence-corrected chi connectivity index (χ0v) is 8.77. The molecule has 0 bridgehead atoms. The average molecular weight is 161 g/mol. The summed E-state index contributed by atoms with van der Waals surface area (Å²) >= 11 is 0. The zero-order chi connectivity index (χ0) is 8.20. The lowest BCUT2D eigenvalue weighted by Crippen LogP contribution is -2.42. The van der Waals surface area contributed by atoms with Gasteiger partial charge in [-0.2, -0.15) is 0 Å². The standard InChI is InChI=1S/C7H19NOSi/c1-6-8(2)7-10(4,5)9-3/h6-7H2,1-5H3. The maximum atomic E-state index is 5.41. The molecule has 0 fully saturated rings. The lowest BCUT2D eigenvalue weighted by molar-refractivity contribution is 0.342. The van der Waals surface area contributed by atoms with Crippen molar-refractivity contribution in [1.29, 1.82) is 0 Å². The monoisotopic (exact) mass is 161 g/mol. The van der Waals surface area contributed by atoms with Gasteiger partial charge in [0.25, 0.3) is 0 Å². The second-order valence-corrected chi connectivity index (χ2v) is 7.54. The first-order valence-corrected chi connectivity index (χ1v) is 6.87. The molecule has 0 radical (unpaired) electrons. The van der Waals surface area contributed by atoms with Gasteiger partial charge in [-0.1, -0.05) is 6.92 Å². The Morgan fingerprint density at radius 3 is 2.20 bits per heavy atom. The van der Waals surface area contributed by atoms with Gasteiger partial charge in [-0.05, 0) is 26.7 Å². The number of nitrogens with zero attached hydrogens (tertiary/aromatic N) is 1. The van der Waals surface area contributed by atoms with E-state index in [1.165, 1.54) is 0 Å². The summed E-state index contributed by atoms with van der Waals surface area (Å²) in [6.07, 6.45) is 1.12. The first-order valence-electron chi connectivity index (χ1n) is 3.75. The zero-order valence-electron chi connectivity index (χ0n) is 7.77. The Balaban J connectivity index is 3.64. The van der Waals surface area contributed by atoms with E-state index in [0.29, 0.717) is 0 Å². The summed E-state index contributed by atoms with van der Waals surface area (Å²) in [7, 11) is 2.61. The molecule has 0 saturated heterocycles. The average Bonchev–Trinajstić information content (AvgIpc) is 1.87.